The van der Waals surface area contributed by atoms with Crippen LogP contribution in [0.2, 0.25) is 0 Å². The number of piperidine rings is 1. The molecule has 4 atom stereocenters. The molecule has 0 unspecified atom stereocenters. The van der Waals surface area contributed by atoms with Crippen molar-refractivity contribution in [2.24, 2.45) is 11.8 Å². The number of hydrogen-bond acceptors (Lipinski definition) is 5. The van der Waals surface area contributed by atoms with Crippen LogP contribution in [-0.4, -0.2) is 43.0 Å². The number of ketones is 1. The quantitative estimate of drug-likeness (QED) is 0.770. The molecule has 30 heavy (non-hydrogen) atoms. The van der Waals surface area contributed by atoms with Crippen molar-refractivity contribution in [2.45, 2.75) is 56.1 Å². The predicted octanol–water partition coefficient (Wildman–Crippen LogP) is 3.97. The van der Waals surface area contributed by atoms with Gasteiger partial charge in [0.05, 0.1) is 19.6 Å². The number of benzene rings is 1. The molecule has 1 spiro atoms. The summed E-state index contributed by atoms with van der Waals surface area (Å²) >= 11 is 0. The lowest BCUT2D eigenvalue weighted by molar-refractivity contribution is -0.138. The summed E-state index contributed by atoms with van der Waals surface area (Å²) in [6.45, 7) is 2.29. The lowest BCUT2D eigenvalue weighted by Gasteiger charge is -2.58. The molecule has 5 aliphatic rings. The lowest BCUT2D eigenvalue weighted by atomic mass is 9.51. The molecule has 3 fully saturated rings. The van der Waals surface area contributed by atoms with E-state index in [1.54, 1.807) is 13.4 Å². The van der Waals surface area contributed by atoms with Crippen LogP contribution in [0.4, 0.5) is 0 Å². The Morgan fingerprint density at radius 2 is 2.20 bits per heavy atom. The molecule has 5 heteroatoms. The number of methoxy groups -OCH3 is 1. The molecular weight excluding hydrogens is 378 g/mol. The van der Waals surface area contributed by atoms with Gasteiger partial charge in [-0.2, -0.15) is 0 Å². The SMILES string of the molecule is COc1cc(-c2ccoc2)c2c3c1O[C@@H]1C(=O)CC[C@@H]4[C@H](C2)N(CC2CC2)CC[C@@]314. The molecule has 0 radical (unpaired) electrons. The molecule has 7 rings (SSSR count). The van der Waals surface area contributed by atoms with Gasteiger partial charge < -0.3 is 13.9 Å². The fourth-order valence-electron chi connectivity index (χ4n) is 7.17. The molecule has 2 bridgehead atoms. The summed E-state index contributed by atoms with van der Waals surface area (Å²) in [6, 6.07) is 4.62. The molecule has 2 aromatic rings. The van der Waals surface area contributed by atoms with E-state index in [0.29, 0.717) is 18.4 Å². The van der Waals surface area contributed by atoms with Crippen molar-refractivity contribution in [3.63, 3.8) is 0 Å². The Labute approximate surface area is 176 Å². The van der Waals surface area contributed by atoms with Crippen molar-refractivity contribution in [3.05, 3.63) is 35.8 Å². The highest BCUT2D eigenvalue weighted by Gasteiger charge is 2.66. The molecule has 156 valence electrons. The first-order valence-electron chi connectivity index (χ1n) is 11.4. The zero-order valence-electron chi connectivity index (χ0n) is 17.4. The summed E-state index contributed by atoms with van der Waals surface area (Å²) in [6.07, 6.45) is 9.62. The third kappa shape index (κ3) is 2.09. The summed E-state index contributed by atoms with van der Waals surface area (Å²) in [5.41, 5.74) is 4.71. The second kappa shape index (κ2) is 5.91. The van der Waals surface area contributed by atoms with Crippen molar-refractivity contribution in [1.29, 1.82) is 0 Å². The largest absolute Gasteiger partial charge is 0.493 e. The number of furan rings is 1. The van der Waals surface area contributed by atoms with Gasteiger partial charge >= 0.3 is 0 Å². The van der Waals surface area contributed by atoms with Crippen LogP contribution in [-0.2, 0) is 16.6 Å². The van der Waals surface area contributed by atoms with Crippen LogP contribution in [0.15, 0.2) is 29.1 Å². The van der Waals surface area contributed by atoms with Gasteiger partial charge in [-0.1, -0.05) is 0 Å². The van der Waals surface area contributed by atoms with Gasteiger partial charge in [-0.3, -0.25) is 9.69 Å². The van der Waals surface area contributed by atoms with E-state index in [0.717, 1.165) is 48.8 Å². The Hall–Kier alpha value is -2.27. The minimum atomic E-state index is -0.343. The predicted molar refractivity (Wildman–Crippen MR) is 111 cm³/mol. The fraction of sp³-hybridized carbons (Fsp3) is 0.560. The Balaban J connectivity index is 1.48. The van der Waals surface area contributed by atoms with Gasteiger partial charge in [-0.15, -0.1) is 0 Å². The number of ether oxygens (including phenoxy) is 2. The fourth-order valence-corrected chi connectivity index (χ4v) is 7.17. The number of hydrogen-bond donors (Lipinski definition) is 0. The topological polar surface area (TPSA) is 51.9 Å². The summed E-state index contributed by atoms with van der Waals surface area (Å²) in [5, 5.41) is 0. The van der Waals surface area contributed by atoms with E-state index in [1.165, 1.54) is 36.1 Å². The van der Waals surface area contributed by atoms with Crippen LogP contribution in [0.25, 0.3) is 11.1 Å². The average Bonchev–Trinajstić information content (AvgIpc) is 3.27. The summed E-state index contributed by atoms with van der Waals surface area (Å²) in [4.78, 5) is 15.9. The van der Waals surface area contributed by atoms with Crippen LogP contribution < -0.4 is 9.47 Å². The molecule has 2 aliphatic heterocycles. The summed E-state index contributed by atoms with van der Waals surface area (Å²) < 4.78 is 17.7. The monoisotopic (exact) mass is 405 g/mol. The average molecular weight is 405 g/mol. The van der Waals surface area contributed by atoms with Crippen LogP contribution in [0.3, 0.4) is 0 Å². The molecule has 5 nitrogen and oxygen atoms in total. The van der Waals surface area contributed by atoms with E-state index >= 15 is 0 Å². The van der Waals surface area contributed by atoms with E-state index in [4.69, 9.17) is 13.9 Å². The maximum atomic E-state index is 13.1. The van der Waals surface area contributed by atoms with Crippen LogP contribution in [0.1, 0.15) is 43.2 Å². The molecular formula is C25H27NO4. The van der Waals surface area contributed by atoms with Crippen LogP contribution >= 0.6 is 0 Å². The van der Waals surface area contributed by atoms with Gasteiger partial charge in [0.1, 0.15) is 0 Å². The van der Waals surface area contributed by atoms with Crippen molar-refractivity contribution in [1.82, 2.24) is 4.90 Å². The normalized spacial score (nSPS) is 33.9. The van der Waals surface area contributed by atoms with Gasteiger partial charge in [0.25, 0.3) is 0 Å². The molecule has 0 amide bonds. The maximum Gasteiger partial charge on any atom is 0.174 e. The highest BCUT2D eigenvalue weighted by molar-refractivity contribution is 5.90. The Morgan fingerprint density at radius 1 is 1.30 bits per heavy atom. The molecule has 3 aliphatic carbocycles. The van der Waals surface area contributed by atoms with Crippen LogP contribution in [0, 0.1) is 11.8 Å². The first-order valence-corrected chi connectivity index (χ1v) is 11.4. The Morgan fingerprint density at radius 3 is 2.97 bits per heavy atom. The Bertz CT molecular complexity index is 1040. The van der Waals surface area contributed by atoms with E-state index in [9.17, 15) is 4.79 Å². The lowest BCUT2D eigenvalue weighted by Crippen LogP contribution is -2.66. The van der Waals surface area contributed by atoms with Crippen molar-refractivity contribution in [3.8, 4) is 22.6 Å². The zero-order valence-corrected chi connectivity index (χ0v) is 17.4. The minimum Gasteiger partial charge on any atom is -0.493 e. The highest BCUT2D eigenvalue weighted by Crippen LogP contribution is 2.64. The molecule has 1 aromatic heterocycles. The number of carbonyl (C=O) groups is 1. The summed E-state index contributed by atoms with van der Waals surface area (Å²) in [7, 11) is 1.70. The summed E-state index contributed by atoms with van der Waals surface area (Å²) in [5.74, 6) is 3.22. The van der Waals surface area contributed by atoms with Gasteiger partial charge in [0, 0.05) is 35.5 Å². The highest BCUT2D eigenvalue weighted by atomic mass is 16.5. The second-order valence-corrected chi connectivity index (χ2v) is 9.93. The number of rotatable bonds is 4. The number of Topliss-reactive ketones (excluding diaryl/α,β-unsaturated/α-hetero) is 1. The van der Waals surface area contributed by atoms with Crippen molar-refractivity contribution >= 4 is 5.78 Å². The molecule has 0 N–H and O–H groups in total. The second-order valence-electron chi connectivity index (χ2n) is 9.93. The van der Waals surface area contributed by atoms with Crippen LogP contribution in [0.5, 0.6) is 11.5 Å². The molecule has 1 saturated heterocycles. The van der Waals surface area contributed by atoms with Gasteiger partial charge in [0.2, 0.25) is 0 Å². The van der Waals surface area contributed by atoms with E-state index in [-0.39, 0.29) is 17.3 Å². The van der Waals surface area contributed by atoms with Gasteiger partial charge in [0.15, 0.2) is 23.4 Å². The number of likely N-dealkylation sites (tertiary alicyclic amines) is 1. The van der Waals surface area contributed by atoms with E-state index in [2.05, 4.69) is 11.0 Å². The van der Waals surface area contributed by atoms with Gasteiger partial charge in [-0.25, -0.2) is 0 Å². The Kier molecular flexibility index (Phi) is 3.43. The zero-order chi connectivity index (χ0) is 20.0. The van der Waals surface area contributed by atoms with Crippen molar-refractivity contribution < 1.29 is 18.7 Å². The number of carbonyl (C=O) groups excluding carboxylic acids is 1. The minimum absolute atomic E-state index is 0.185. The first kappa shape index (κ1) is 17.4. The third-order valence-electron chi connectivity index (χ3n) is 8.58. The molecule has 2 saturated carbocycles. The standard InChI is InChI=1S/C25H27NO4/c1-28-21-11-16(15-6-9-29-13-15)17-10-19-18-4-5-20(27)24-25(18,22(17)23(21)30-24)7-8-26(19)12-14-2-3-14/h6,9,11,13-14,18-19,24H,2-5,7-8,10,12H2,1H3/t18-,19+,24-,25-/m1/s1. The number of nitrogens with zero attached hydrogens (tertiary/aromatic N) is 1. The van der Waals surface area contributed by atoms with E-state index < -0.39 is 0 Å². The smallest absolute Gasteiger partial charge is 0.174 e. The van der Waals surface area contributed by atoms with Crippen molar-refractivity contribution in [2.75, 3.05) is 20.2 Å². The maximum absolute atomic E-state index is 13.1. The van der Waals surface area contributed by atoms with Gasteiger partial charge in [-0.05, 0) is 73.7 Å². The molecule has 3 heterocycles. The third-order valence-corrected chi connectivity index (χ3v) is 8.58. The van der Waals surface area contributed by atoms with E-state index in [1.807, 2.05) is 12.3 Å². The molecule has 1 aromatic carbocycles. The first-order chi connectivity index (χ1) is 14.7.